The van der Waals surface area contributed by atoms with E-state index in [0.717, 1.165) is 11.3 Å². The first-order chi connectivity index (χ1) is 6.98. The van der Waals surface area contributed by atoms with Crippen molar-refractivity contribution in [2.75, 3.05) is 0 Å². The molecular formula is C8H5F3O3S. The van der Waals surface area contributed by atoms with Crippen LogP contribution in [0.3, 0.4) is 0 Å². The van der Waals surface area contributed by atoms with Gasteiger partial charge in [-0.3, -0.25) is 0 Å². The number of hydrogen-bond donors (Lipinski definition) is 0. The summed E-state index contributed by atoms with van der Waals surface area (Å²) >= 11 is 1.08. The molecule has 1 aliphatic heterocycles. The maximum Gasteiger partial charge on any atom is 0.509 e. The lowest BCUT2D eigenvalue weighted by atomic mass is 10.1. The average molecular weight is 238 g/mol. The minimum atomic E-state index is -4.61. The Hall–Kier alpha value is -1.24. The molecule has 2 heterocycles. The highest BCUT2D eigenvalue weighted by atomic mass is 32.1. The quantitative estimate of drug-likeness (QED) is 0.705. The summed E-state index contributed by atoms with van der Waals surface area (Å²) in [5.74, 6) is 0. The Kier molecular flexibility index (Phi) is 2.34. The van der Waals surface area contributed by atoms with Crippen LogP contribution in [0.2, 0.25) is 0 Å². The monoisotopic (exact) mass is 238 g/mol. The van der Waals surface area contributed by atoms with Crippen LogP contribution in [0.1, 0.15) is 11.0 Å². The topological polar surface area (TPSA) is 35.5 Å². The van der Waals surface area contributed by atoms with Gasteiger partial charge in [-0.1, -0.05) is 6.07 Å². The zero-order valence-electron chi connectivity index (χ0n) is 7.15. The van der Waals surface area contributed by atoms with Crippen molar-refractivity contribution in [3.05, 3.63) is 22.4 Å². The van der Waals surface area contributed by atoms with E-state index < -0.39 is 24.5 Å². The lowest BCUT2D eigenvalue weighted by molar-refractivity contribution is -0.203. The summed E-state index contributed by atoms with van der Waals surface area (Å²) in [6, 6.07) is 3.05. The van der Waals surface area contributed by atoms with Gasteiger partial charge in [0, 0.05) is 4.88 Å². The van der Waals surface area contributed by atoms with Gasteiger partial charge in [0.2, 0.25) is 6.10 Å². The van der Waals surface area contributed by atoms with Gasteiger partial charge in [-0.15, -0.1) is 11.3 Å². The van der Waals surface area contributed by atoms with Crippen LogP contribution in [0.15, 0.2) is 17.5 Å². The number of alkyl halides is 3. The summed E-state index contributed by atoms with van der Waals surface area (Å²) in [4.78, 5) is 11.0. The fourth-order valence-corrected chi connectivity index (χ4v) is 2.03. The predicted octanol–water partition coefficient (Wildman–Crippen LogP) is 2.89. The molecule has 1 aromatic rings. The van der Waals surface area contributed by atoms with E-state index in [0.29, 0.717) is 4.88 Å². The zero-order chi connectivity index (χ0) is 11.1. The van der Waals surface area contributed by atoms with Crippen molar-refractivity contribution in [2.24, 2.45) is 0 Å². The second kappa shape index (κ2) is 3.41. The van der Waals surface area contributed by atoms with Gasteiger partial charge in [-0.05, 0) is 11.4 Å². The molecule has 0 amide bonds. The highest BCUT2D eigenvalue weighted by Gasteiger charge is 2.55. The SMILES string of the molecule is O=C1OC(c2cccs2)C(C(F)(F)F)O1. The molecule has 1 saturated heterocycles. The Morgan fingerprint density at radius 1 is 1.33 bits per heavy atom. The van der Waals surface area contributed by atoms with Gasteiger partial charge in [0.1, 0.15) is 0 Å². The van der Waals surface area contributed by atoms with Crippen LogP contribution in [-0.4, -0.2) is 18.4 Å². The number of halogens is 3. The number of carbonyl (C=O) groups excluding carboxylic acids is 1. The molecule has 1 fully saturated rings. The van der Waals surface area contributed by atoms with E-state index in [1.54, 1.807) is 11.4 Å². The van der Waals surface area contributed by atoms with E-state index in [1.807, 2.05) is 0 Å². The first-order valence-corrected chi connectivity index (χ1v) is 4.84. The fourth-order valence-electron chi connectivity index (χ4n) is 1.26. The van der Waals surface area contributed by atoms with Gasteiger partial charge in [0.25, 0.3) is 0 Å². The Morgan fingerprint density at radius 2 is 2.07 bits per heavy atom. The number of cyclic esters (lactones) is 2. The molecule has 0 spiro atoms. The number of rotatable bonds is 1. The summed E-state index contributed by atoms with van der Waals surface area (Å²) in [7, 11) is 0. The van der Waals surface area contributed by atoms with E-state index in [2.05, 4.69) is 9.47 Å². The van der Waals surface area contributed by atoms with Crippen LogP contribution in [0.5, 0.6) is 0 Å². The molecule has 1 aliphatic rings. The minimum absolute atomic E-state index is 0.322. The molecule has 82 valence electrons. The van der Waals surface area contributed by atoms with E-state index in [-0.39, 0.29) is 0 Å². The number of ether oxygens (including phenoxy) is 2. The summed E-state index contributed by atoms with van der Waals surface area (Å²) in [5.41, 5.74) is 0. The third-order valence-electron chi connectivity index (χ3n) is 1.87. The van der Waals surface area contributed by atoms with E-state index in [4.69, 9.17) is 0 Å². The maximum atomic E-state index is 12.4. The Bertz CT molecular complexity index is 360. The normalized spacial score (nSPS) is 26.2. The molecule has 0 bridgehead atoms. The third kappa shape index (κ3) is 1.92. The number of hydrogen-bond acceptors (Lipinski definition) is 4. The number of carbonyl (C=O) groups is 1. The molecule has 3 nitrogen and oxygen atoms in total. The van der Waals surface area contributed by atoms with Crippen LogP contribution in [-0.2, 0) is 9.47 Å². The van der Waals surface area contributed by atoms with Crippen molar-refractivity contribution in [3.63, 3.8) is 0 Å². The summed E-state index contributed by atoms with van der Waals surface area (Å²) in [5, 5.41) is 1.61. The fraction of sp³-hybridized carbons (Fsp3) is 0.375. The van der Waals surface area contributed by atoms with Crippen LogP contribution >= 0.6 is 11.3 Å². The van der Waals surface area contributed by atoms with E-state index in [9.17, 15) is 18.0 Å². The highest BCUT2D eigenvalue weighted by Crippen LogP contribution is 2.40. The highest BCUT2D eigenvalue weighted by molar-refractivity contribution is 7.10. The summed E-state index contributed by atoms with van der Waals surface area (Å²) < 4.78 is 45.8. The Labute approximate surface area is 86.4 Å². The molecule has 15 heavy (non-hydrogen) atoms. The lowest BCUT2D eigenvalue weighted by Gasteiger charge is -2.16. The first-order valence-electron chi connectivity index (χ1n) is 3.96. The standard InChI is InChI=1S/C8H5F3O3S/c9-8(10,11)6-5(13-7(12)14-6)4-2-1-3-15-4/h1-3,5-6H. The Balaban J connectivity index is 2.27. The molecule has 0 radical (unpaired) electrons. The van der Waals surface area contributed by atoms with Crippen molar-refractivity contribution < 1.29 is 27.4 Å². The molecule has 1 aromatic heterocycles. The van der Waals surface area contributed by atoms with Crippen LogP contribution in [0.25, 0.3) is 0 Å². The van der Waals surface area contributed by atoms with Crippen molar-refractivity contribution in [1.82, 2.24) is 0 Å². The second-order valence-electron chi connectivity index (χ2n) is 2.88. The van der Waals surface area contributed by atoms with Crippen LogP contribution in [0.4, 0.5) is 18.0 Å². The second-order valence-corrected chi connectivity index (χ2v) is 3.86. The molecule has 7 heteroatoms. The smallest absolute Gasteiger partial charge is 0.421 e. The molecule has 0 saturated carbocycles. The molecule has 2 unspecified atom stereocenters. The lowest BCUT2D eigenvalue weighted by Crippen LogP contribution is -2.32. The molecule has 0 aromatic carbocycles. The molecule has 0 aliphatic carbocycles. The number of thiophene rings is 1. The average Bonchev–Trinajstić information content (AvgIpc) is 2.68. The summed E-state index contributed by atoms with van der Waals surface area (Å²) in [6.07, 6.45) is -9.47. The van der Waals surface area contributed by atoms with Crippen molar-refractivity contribution in [1.29, 1.82) is 0 Å². The minimum Gasteiger partial charge on any atom is -0.421 e. The van der Waals surface area contributed by atoms with Gasteiger partial charge in [-0.25, -0.2) is 4.79 Å². The first kappa shape index (κ1) is 10.3. The Morgan fingerprint density at radius 3 is 2.60 bits per heavy atom. The maximum absolute atomic E-state index is 12.4. The molecular weight excluding hydrogens is 233 g/mol. The van der Waals surface area contributed by atoms with Gasteiger partial charge < -0.3 is 9.47 Å². The van der Waals surface area contributed by atoms with Gasteiger partial charge >= 0.3 is 12.3 Å². The van der Waals surface area contributed by atoms with Crippen LogP contribution in [0, 0.1) is 0 Å². The largest absolute Gasteiger partial charge is 0.509 e. The van der Waals surface area contributed by atoms with Gasteiger partial charge in [-0.2, -0.15) is 13.2 Å². The van der Waals surface area contributed by atoms with Gasteiger partial charge in [0.05, 0.1) is 0 Å². The molecule has 2 rings (SSSR count). The summed E-state index contributed by atoms with van der Waals surface area (Å²) in [6.45, 7) is 0. The third-order valence-corrected chi connectivity index (χ3v) is 2.80. The zero-order valence-corrected chi connectivity index (χ0v) is 7.97. The molecule has 2 atom stereocenters. The van der Waals surface area contributed by atoms with Crippen molar-refractivity contribution in [2.45, 2.75) is 18.4 Å². The van der Waals surface area contributed by atoms with Crippen LogP contribution < -0.4 is 0 Å². The van der Waals surface area contributed by atoms with E-state index in [1.165, 1.54) is 6.07 Å². The molecule has 0 N–H and O–H groups in total. The van der Waals surface area contributed by atoms with Crippen molar-refractivity contribution in [3.8, 4) is 0 Å². The van der Waals surface area contributed by atoms with Crippen molar-refractivity contribution >= 4 is 17.5 Å². The van der Waals surface area contributed by atoms with Gasteiger partial charge in [0.15, 0.2) is 6.10 Å². The van der Waals surface area contributed by atoms with E-state index >= 15 is 0 Å². The predicted molar refractivity (Wildman–Crippen MR) is 44.5 cm³/mol.